The van der Waals surface area contributed by atoms with Crippen LogP contribution in [0.5, 0.6) is 0 Å². The summed E-state index contributed by atoms with van der Waals surface area (Å²) in [5.74, 6) is 0. The maximum atomic E-state index is 12.1. The quantitative estimate of drug-likeness (QED) is 0.329. The Labute approximate surface area is 185 Å². The summed E-state index contributed by atoms with van der Waals surface area (Å²) >= 11 is 0. The van der Waals surface area contributed by atoms with Gasteiger partial charge in [0.1, 0.15) is 6.61 Å². The van der Waals surface area contributed by atoms with Crippen LogP contribution in [-0.2, 0) is 16.1 Å². The molecule has 0 aromatic heterocycles. The zero-order valence-corrected chi connectivity index (χ0v) is 19.0. The molecular weight excluding hydrogens is 390 g/mol. The van der Waals surface area contributed by atoms with Crippen LogP contribution < -0.4 is 16.4 Å². The number of hydrogen-bond acceptors (Lipinski definition) is 4. The maximum absolute atomic E-state index is 12.1. The number of hydrogen-bond donors (Lipinski definition) is 3. The molecule has 0 unspecified atom stereocenters. The zero-order chi connectivity index (χ0) is 23.1. The first kappa shape index (κ1) is 25.8. The van der Waals surface area contributed by atoms with Crippen LogP contribution in [0.15, 0.2) is 76.7 Å². The molecule has 0 bridgehead atoms. The second-order valence-corrected chi connectivity index (χ2v) is 7.17. The van der Waals surface area contributed by atoms with E-state index in [1.807, 2.05) is 69.3 Å². The van der Waals surface area contributed by atoms with E-state index in [1.165, 1.54) is 0 Å². The maximum Gasteiger partial charge on any atom is 0.407 e. The molecule has 6 heteroatoms. The van der Waals surface area contributed by atoms with Crippen molar-refractivity contribution in [2.45, 2.75) is 53.6 Å². The number of rotatable bonds is 12. The van der Waals surface area contributed by atoms with Crippen LogP contribution in [0.2, 0.25) is 0 Å². The SMILES string of the molecule is CC/C=C(C)/C(=C\C=C(C)\C(N)=C(\CCC)CNC(=O)OCc1ccccc1)NC=O. The van der Waals surface area contributed by atoms with Gasteiger partial charge in [0.15, 0.2) is 0 Å². The molecule has 0 aliphatic rings. The van der Waals surface area contributed by atoms with E-state index in [4.69, 9.17) is 10.5 Å². The van der Waals surface area contributed by atoms with E-state index in [2.05, 4.69) is 17.6 Å². The molecular formula is C25H35N3O3. The highest BCUT2D eigenvalue weighted by atomic mass is 16.5. The summed E-state index contributed by atoms with van der Waals surface area (Å²) < 4.78 is 5.27. The standard InChI is InChI=1S/C25H35N3O3/c1-5-10-19(3)23(28-18-29)15-14-20(4)24(26)22(11-6-2)16-27-25(30)31-17-21-12-8-7-9-13-21/h7-10,12-15,18H,5-6,11,16-17,26H2,1-4H3,(H,27,30)(H,28,29)/b19-10+,20-14+,23-15+,24-22+. The van der Waals surface area contributed by atoms with Crippen LogP contribution in [0.3, 0.4) is 0 Å². The van der Waals surface area contributed by atoms with Crippen molar-refractivity contribution >= 4 is 12.5 Å². The topological polar surface area (TPSA) is 93.4 Å². The molecule has 6 nitrogen and oxygen atoms in total. The van der Waals surface area contributed by atoms with Gasteiger partial charge in [-0.25, -0.2) is 4.79 Å². The first-order valence-corrected chi connectivity index (χ1v) is 10.6. The molecule has 0 heterocycles. The number of amides is 2. The van der Waals surface area contributed by atoms with Gasteiger partial charge in [-0.3, -0.25) is 4.79 Å². The summed E-state index contributed by atoms with van der Waals surface area (Å²) in [6.45, 7) is 8.49. The Morgan fingerprint density at radius 3 is 2.42 bits per heavy atom. The van der Waals surface area contributed by atoms with E-state index >= 15 is 0 Å². The molecule has 0 saturated heterocycles. The lowest BCUT2D eigenvalue weighted by atomic mass is 10.0. The molecule has 0 aliphatic heterocycles. The van der Waals surface area contributed by atoms with Crippen LogP contribution in [0.4, 0.5) is 4.79 Å². The van der Waals surface area contributed by atoms with Crippen molar-refractivity contribution in [3.8, 4) is 0 Å². The third kappa shape index (κ3) is 9.85. The number of nitrogens with two attached hydrogens (primary N) is 1. The van der Waals surface area contributed by atoms with E-state index in [-0.39, 0.29) is 6.61 Å². The van der Waals surface area contributed by atoms with Crippen molar-refractivity contribution in [2.75, 3.05) is 6.54 Å². The second-order valence-electron chi connectivity index (χ2n) is 7.17. The fraction of sp³-hybridized carbons (Fsp3) is 0.360. The van der Waals surface area contributed by atoms with E-state index in [0.29, 0.717) is 18.7 Å². The molecule has 31 heavy (non-hydrogen) atoms. The van der Waals surface area contributed by atoms with Crippen molar-refractivity contribution in [3.05, 3.63) is 82.2 Å². The van der Waals surface area contributed by atoms with Gasteiger partial charge in [-0.15, -0.1) is 0 Å². The Hall–Kier alpha value is -3.28. The van der Waals surface area contributed by atoms with Gasteiger partial charge in [-0.2, -0.15) is 0 Å². The second kappa shape index (κ2) is 14.7. The minimum Gasteiger partial charge on any atom is -0.445 e. The fourth-order valence-electron chi connectivity index (χ4n) is 2.92. The molecule has 0 spiro atoms. The fourth-order valence-corrected chi connectivity index (χ4v) is 2.92. The number of carbonyl (C=O) groups is 2. The zero-order valence-electron chi connectivity index (χ0n) is 19.0. The molecule has 1 rings (SSSR count). The molecule has 2 amide bonds. The molecule has 0 saturated carbocycles. The van der Waals surface area contributed by atoms with E-state index in [9.17, 15) is 9.59 Å². The lowest BCUT2D eigenvalue weighted by Gasteiger charge is -2.14. The van der Waals surface area contributed by atoms with Crippen LogP contribution in [0.25, 0.3) is 0 Å². The average molecular weight is 426 g/mol. The lowest BCUT2D eigenvalue weighted by Crippen LogP contribution is -2.27. The summed E-state index contributed by atoms with van der Waals surface area (Å²) in [4.78, 5) is 23.0. The first-order valence-electron chi connectivity index (χ1n) is 10.6. The van der Waals surface area contributed by atoms with Gasteiger partial charge in [0.2, 0.25) is 6.41 Å². The van der Waals surface area contributed by atoms with Gasteiger partial charge in [0, 0.05) is 17.9 Å². The highest BCUT2D eigenvalue weighted by Crippen LogP contribution is 2.15. The van der Waals surface area contributed by atoms with Crippen molar-refractivity contribution in [3.63, 3.8) is 0 Å². The minimum atomic E-state index is -0.482. The summed E-state index contributed by atoms with van der Waals surface area (Å²) in [5, 5.41) is 5.51. The first-order chi connectivity index (χ1) is 14.9. The van der Waals surface area contributed by atoms with Crippen LogP contribution >= 0.6 is 0 Å². The number of benzene rings is 1. The van der Waals surface area contributed by atoms with Crippen LogP contribution in [0, 0.1) is 0 Å². The van der Waals surface area contributed by atoms with Crippen molar-refractivity contribution in [1.29, 1.82) is 0 Å². The predicted octanol–water partition coefficient (Wildman–Crippen LogP) is 4.86. The monoisotopic (exact) mass is 425 g/mol. The number of nitrogens with one attached hydrogen (secondary N) is 2. The molecule has 168 valence electrons. The Kier molecular flexibility index (Phi) is 12.2. The normalized spacial score (nSPS) is 13.4. The van der Waals surface area contributed by atoms with E-state index in [1.54, 1.807) is 0 Å². The molecule has 0 atom stereocenters. The smallest absolute Gasteiger partial charge is 0.407 e. The number of allylic oxidation sites excluding steroid dienone is 5. The van der Waals surface area contributed by atoms with Crippen molar-refractivity contribution < 1.29 is 14.3 Å². The van der Waals surface area contributed by atoms with Crippen molar-refractivity contribution in [2.24, 2.45) is 5.73 Å². The number of carbonyl (C=O) groups excluding carboxylic acids is 2. The van der Waals surface area contributed by atoms with Crippen molar-refractivity contribution in [1.82, 2.24) is 10.6 Å². The summed E-state index contributed by atoms with van der Waals surface area (Å²) in [7, 11) is 0. The molecule has 0 radical (unpaired) electrons. The Morgan fingerprint density at radius 1 is 1.10 bits per heavy atom. The highest BCUT2D eigenvalue weighted by Gasteiger charge is 2.09. The van der Waals surface area contributed by atoms with Gasteiger partial charge in [-0.05, 0) is 55.0 Å². The van der Waals surface area contributed by atoms with Gasteiger partial charge in [0.25, 0.3) is 0 Å². The van der Waals surface area contributed by atoms with E-state index in [0.717, 1.165) is 47.2 Å². The highest BCUT2D eigenvalue weighted by molar-refractivity contribution is 5.67. The average Bonchev–Trinajstić information content (AvgIpc) is 2.78. The van der Waals surface area contributed by atoms with Gasteiger partial charge < -0.3 is 21.1 Å². The molecule has 1 aromatic carbocycles. The molecule has 0 fully saturated rings. The van der Waals surface area contributed by atoms with E-state index < -0.39 is 6.09 Å². The Morgan fingerprint density at radius 2 is 1.81 bits per heavy atom. The molecule has 0 aliphatic carbocycles. The Balaban J connectivity index is 2.86. The van der Waals surface area contributed by atoms with Gasteiger partial charge in [-0.1, -0.05) is 62.8 Å². The van der Waals surface area contributed by atoms with Crippen LogP contribution in [-0.4, -0.2) is 19.0 Å². The Bertz CT molecular complexity index is 837. The summed E-state index contributed by atoms with van der Waals surface area (Å²) in [6, 6.07) is 9.52. The number of alkyl carbamates (subject to hydrolysis) is 1. The third-order valence-corrected chi connectivity index (χ3v) is 4.67. The lowest BCUT2D eigenvalue weighted by molar-refractivity contribution is -0.108. The largest absolute Gasteiger partial charge is 0.445 e. The predicted molar refractivity (Wildman–Crippen MR) is 126 cm³/mol. The van der Waals surface area contributed by atoms with Gasteiger partial charge in [0.05, 0.1) is 0 Å². The summed E-state index contributed by atoms with van der Waals surface area (Å²) in [5.41, 5.74) is 11.4. The van der Waals surface area contributed by atoms with Gasteiger partial charge >= 0.3 is 6.09 Å². The summed E-state index contributed by atoms with van der Waals surface area (Å²) in [6.07, 6.45) is 8.46. The molecule has 1 aromatic rings. The minimum absolute atomic E-state index is 0.218. The van der Waals surface area contributed by atoms with Crippen LogP contribution in [0.1, 0.15) is 52.5 Å². The molecule has 4 N–H and O–H groups in total. The number of ether oxygens (including phenoxy) is 1. The third-order valence-electron chi connectivity index (χ3n) is 4.67.